The molecule has 1 aliphatic heterocycles. The first-order chi connectivity index (χ1) is 14.5. The van der Waals surface area contributed by atoms with E-state index in [2.05, 4.69) is 10.1 Å². The number of carbonyl (C=O) groups is 1. The van der Waals surface area contributed by atoms with Crippen LogP contribution in [0.15, 0.2) is 59.8 Å². The fraction of sp³-hybridized carbons (Fsp3) is 0.182. The predicted octanol–water partition coefficient (Wildman–Crippen LogP) is 2.53. The molecule has 0 saturated heterocycles. The molecule has 0 fully saturated rings. The van der Waals surface area contributed by atoms with Crippen LogP contribution in [0.2, 0.25) is 0 Å². The van der Waals surface area contributed by atoms with Crippen molar-refractivity contribution in [2.24, 2.45) is 0 Å². The molecule has 0 bridgehead atoms. The number of nitrogens with zero attached hydrogens (tertiary/aromatic N) is 5. The first kappa shape index (κ1) is 18.2. The molecule has 0 spiro atoms. The maximum atomic E-state index is 13.2. The van der Waals surface area contributed by atoms with Crippen LogP contribution in [-0.4, -0.2) is 36.5 Å². The molecule has 4 heterocycles. The average Bonchev–Trinajstić information content (AvgIpc) is 3.12. The second-order valence-electron chi connectivity index (χ2n) is 7.42. The zero-order chi connectivity index (χ0) is 20.8. The van der Waals surface area contributed by atoms with Gasteiger partial charge in [0.15, 0.2) is 5.65 Å². The highest BCUT2D eigenvalue weighted by molar-refractivity contribution is 5.94. The Hall–Kier alpha value is -3.81. The van der Waals surface area contributed by atoms with Crippen molar-refractivity contribution >= 4 is 11.6 Å². The molecule has 1 amide bonds. The molecule has 7 nitrogen and oxygen atoms in total. The van der Waals surface area contributed by atoms with Gasteiger partial charge in [0, 0.05) is 49.5 Å². The second-order valence-corrected chi connectivity index (χ2v) is 7.42. The maximum absolute atomic E-state index is 13.2. The first-order valence-corrected chi connectivity index (χ1v) is 9.60. The van der Waals surface area contributed by atoms with Crippen LogP contribution < -0.4 is 5.56 Å². The van der Waals surface area contributed by atoms with Gasteiger partial charge >= 0.3 is 0 Å². The van der Waals surface area contributed by atoms with Gasteiger partial charge in [-0.25, -0.2) is 13.9 Å². The summed E-state index contributed by atoms with van der Waals surface area (Å²) in [6.07, 6.45) is 5.58. The van der Waals surface area contributed by atoms with Crippen molar-refractivity contribution in [3.05, 3.63) is 93.5 Å². The number of pyridine rings is 1. The van der Waals surface area contributed by atoms with E-state index < -0.39 is 0 Å². The van der Waals surface area contributed by atoms with Gasteiger partial charge in [0.05, 0.1) is 11.3 Å². The average molecular weight is 403 g/mol. The number of hydrogen-bond donors (Lipinski definition) is 0. The van der Waals surface area contributed by atoms with E-state index in [9.17, 15) is 14.0 Å². The molecular formula is C22H18FN5O2. The van der Waals surface area contributed by atoms with Gasteiger partial charge in [-0.05, 0) is 48.7 Å². The molecule has 30 heavy (non-hydrogen) atoms. The lowest BCUT2D eigenvalue weighted by Gasteiger charge is -2.29. The van der Waals surface area contributed by atoms with Crippen LogP contribution in [0.4, 0.5) is 4.39 Å². The van der Waals surface area contributed by atoms with Crippen LogP contribution in [0.3, 0.4) is 0 Å². The number of fused-ring (bicyclic) bond motifs is 2. The Labute approximate surface area is 171 Å². The largest absolute Gasteiger partial charge is 0.334 e. The molecule has 0 aliphatic carbocycles. The Balaban J connectivity index is 1.45. The number of hydrogen-bond acceptors (Lipinski definition) is 4. The SMILES string of the molecule is Cc1cc2ncc(C(=O)N3CCc4cc(=O)n(-c5ccc(F)cc5)cc4C3)cn2n1. The molecule has 0 unspecified atom stereocenters. The van der Waals surface area contributed by atoms with Crippen molar-refractivity contribution in [2.75, 3.05) is 6.54 Å². The third kappa shape index (κ3) is 3.16. The van der Waals surface area contributed by atoms with Crippen molar-refractivity contribution in [2.45, 2.75) is 19.9 Å². The third-order valence-corrected chi connectivity index (χ3v) is 5.32. The number of rotatable bonds is 2. The molecular weight excluding hydrogens is 385 g/mol. The predicted molar refractivity (Wildman–Crippen MR) is 108 cm³/mol. The lowest BCUT2D eigenvalue weighted by molar-refractivity contribution is 0.0733. The summed E-state index contributed by atoms with van der Waals surface area (Å²) in [7, 11) is 0. The molecule has 0 radical (unpaired) electrons. The van der Waals surface area contributed by atoms with Gasteiger partial charge < -0.3 is 4.90 Å². The topological polar surface area (TPSA) is 72.5 Å². The van der Waals surface area contributed by atoms with E-state index in [-0.39, 0.29) is 17.3 Å². The quantitative estimate of drug-likeness (QED) is 0.516. The number of amides is 1. The first-order valence-electron chi connectivity index (χ1n) is 9.60. The summed E-state index contributed by atoms with van der Waals surface area (Å²) in [5, 5.41) is 4.32. The van der Waals surface area contributed by atoms with Crippen molar-refractivity contribution < 1.29 is 9.18 Å². The molecule has 5 rings (SSSR count). The van der Waals surface area contributed by atoms with Gasteiger partial charge in [-0.15, -0.1) is 0 Å². The Morgan fingerprint density at radius 3 is 2.70 bits per heavy atom. The normalized spacial score (nSPS) is 13.5. The van der Waals surface area contributed by atoms with Crippen LogP contribution in [0, 0.1) is 12.7 Å². The van der Waals surface area contributed by atoms with Gasteiger partial charge in [-0.3, -0.25) is 14.2 Å². The highest BCUT2D eigenvalue weighted by atomic mass is 19.1. The standard InChI is InChI=1S/C22H18FN5O2/c1-14-8-20-24-10-16(13-28(20)25-14)22(30)26-7-6-15-9-21(29)27(12-17(15)11-26)19-4-2-18(23)3-5-19/h2-5,8-10,12-13H,6-7,11H2,1H3. The maximum Gasteiger partial charge on any atom is 0.257 e. The number of benzene rings is 1. The number of aryl methyl sites for hydroxylation is 1. The van der Waals surface area contributed by atoms with Gasteiger partial charge in [0.1, 0.15) is 5.82 Å². The van der Waals surface area contributed by atoms with Crippen LogP contribution in [0.1, 0.15) is 27.2 Å². The van der Waals surface area contributed by atoms with Gasteiger partial charge in [0.2, 0.25) is 0 Å². The summed E-state index contributed by atoms with van der Waals surface area (Å²) >= 11 is 0. The highest BCUT2D eigenvalue weighted by Gasteiger charge is 2.24. The smallest absolute Gasteiger partial charge is 0.257 e. The molecule has 0 atom stereocenters. The minimum atomic E-state index is -0.362. The van der Waals surface area contributed by atoms with E-state index in [1.165, 1.54) is 16.7 Å². The minimum absolute atomic E-state index is 0.136. The van der Waals surface area contributed by atoms with Gasteiger partial charge in [0.25, 0.3) is 11.5 Å². The van der Waals surface area contributed by atoms with Crippen molar-refractivity contribution in [1.29, 1.82) is 0 Å². The minimum Gasteiger partial charge on any atom is -0.334 e. The Kier molecular flexibility index (Phi) is 4.20. The molecule has 1 aliphatic rings. The van der Waals surface area contributed by atoms with Crippen molar-refractivity contribution in [1.82, 2.24) is 24.1 Å². The van der Waals surface area contributed by atoms with Crippen LogP contribution >= 0.6 is 0 Å². The second kappa shape index (κ2) is 6.91. The summed E-state index contributed by atoms with van der Waals surface area (Å²) in [4.78, 5) is 31.6. The fourth-order valence-electron chi connectivity index (χ4n) is 3.79. The fourth-order valence-corrected chi connectivity index (χ4v) is 3.79. The number of carbonyl (C=O) groups excluding carboxylic acids is 1. The molecule has 3 aromatic heterocycles. The third-order valence-electron chi connectivity index (χ3n) is 5.32. The highest BCUT2D eigenvalue weighted by Crippen LogP contribution is 2.20. The Bertz CT molecular complexity index is 1340. The molecule has 150 valence electrons. The monoisotopic (exact) mass is 403 g/mol. The molecule has 4 aromatic rings. The number of aromatic nitrogens is 4. The molecule has 8 heteroatoms. The zero-order valence-corrected chi connectivity index (χ0v) is 16.2. The zero-order valence-electron chi connectivity index (χ0n) is 16.2. The van der Waals surface area contributed by atoms with Crippen molar-refractivity contribution in [3.63, 3.8) is 0 Å². The molecule has 0 saturated carbocycles. The van der Waals surface area contributed by atoms with E-state index >= 15 is 0 Å². The van der Waals surface area contributed by atoms with Crippen molar-refractivity contribution in [3.8, 4) is 5.69 Å². The number of halogens is 1. The van der Waals surface area contributed by atoms with Crippen LogP contribution in [-0.2, 0) is 13.0 Å². The molecule has 1 aromatic carbocycles. The van der Waals surface area contributed by atoms with Crippen LogP contribution in [0.5, 0.6) is 0 Å². The van der Waals surface area contributed by atoms with Crippen LogP contribution in [0.25, 0.3) is 11.3 Å². The van der Waals surface area contributed by atoms with E-state index in [0.29, 0.717) is 36.4 Å². The van der Waals surface area contributed by atoms with E-state index in [4.69, 9.17) is 0 Å². The summed E-state index contributed by atoms with van der Waals surface area (Å²) in [5.74, 6) is -0.498. The lowest BCUT2D eigenvalue weighted by atomic mass is 10.0. The summed E-state index contributed by atoms with van der Waals surface area (Å²) in [5.41, 5.74) is 4.21. The summed E-state index contributed by atoms with van der Waals surface area (Å²) in [6, 6.07) is 9.19. The van der Waals surface area contributed by atoms with Gasteiger partial charge in [-0.2, -0.15) is 5.10 Å². The van der Waals surface area contributed by atoms with E-state index in [1.807, 2.05) is 13.0 Å². The Morgan fingerprint density at radius 2 is 1.90 bits per heavy atom. The van der Waals surface area contributed by atoms with Gasteiger partial charge in [-0.1, -0.05) is 0 Å². The van der Waals surface area contributed by atoms with E-state index in [1.54, 1.807) is 46.2 Å². The molecule has 0 N–H and O–H groups in total. The Morgan fingerprint density at radius 1 is 1.10 bits per heavy atom. The lowest BCUT2D eigenvalue weighted by Crippen LogP contribution is -2.37. The summed E-state index contributed by atoms with van der Waals surface area (Å²) in [6.45, 7) is 2.77. The summed E-state index contributed by atoms with van der Waals surface area (Å²) < 4.78 is 16.3. The van der Waals surface area contributed by atoms with E-state index in [0.717, 1.165) is 16.8 Å².